The van der Waals surface area contributed by atoms with Gasteiger partial charge in [0.25, 0.3) is 0 Å². The zero-order valence-electron chi connectivity index (χ0n) is 21.6. The summed E-state index contributed by atoms with van der Waals surface area (Å²) in [5, 5.41) is 5.80. The van der Waals surface area contributed by atoms with Crippen LogP contribution in [0.2, 0.25) is 0 Å². The Morgan fingerprint density at radius 1 is 1.18 bits per heavy atom. The maximum Gasteiger partial charge on any atom is 0.408 e. The van der Waals surface area contributed by atoms with Crippen molar-refractivity contribution >= 4 is 29.7 Å². The molecule has 0 spiro atoms. The fourth-order valence-corrected chi connectivity index (χ4v) is 4.42. The van der Waals surface area contributed by atoms with Crippen LogP contribution in [0.5, 0.6) is 0 Å². The molecule has 0 aromatic heterocycles. The van der Waals surface area contributed by atoms with Gasteiger partial charge in [-0.3, -0.25) is 9.59 Å². The Kier molecular flexibility index (Phi) is 10.3. The number of thioether (sulfide) groups is 1. The van der Waals surface area contributed by atoms with Crippen molar-refractivity contribution in [2.45, 2.75) is 97.0 Å². The summed E-state index contributed by atoms with van der Waals surface area (Å²) in [7, 11) is 0. The van der Waals surface area contributed by atoms with Crippen LogP contribution in [0.3, 0.4) is 0 Å². The lowest BCUT2D eigenvalue weighted by Crippen LogP contribution is -2.58. The van der Waals surface area contributed by atoms with Gasteiger partial charge < -0.3 is 20.3 Å². The van der Waals surface area contributed by atoms with Crippen LogP contribution in [0.4, 0.5) is 4.79 Å². The van der Waals surface area contributed by atoms with E-state index in [0.717, 1.165) is 30.4 Å². The first-order valence-electron chi connectivity index (χ1n) is 12.1. The first kappa shape index (κ1) is 28.0. The number of hydrogen-bond donors (Lipinski definition) is 2. The van der Waals surface area contributed by atoms with E-state index in [2.05, 4.69) is 10.6 Å². The van der Waals surface area contributed by atoms with Gasteiger partial charge in [-0.2, -0.15) is 11.8 Å². The number of rotatable bonds is 10. The van der Waals surface area contributed by atoms with Crippen molar-refractivity contribution in [1.82, 2.24) is 15.5 Å². The van der Waals surface area contributed by atoms with Gasteiger partial charge in [0.2, 0.25) is 11.8 Å². The molecule has 1 aromatic rings. The van der Waals surface area contributed by atoms with Gasteiger partial charge in [-0.05, 0) is 84.8 Å². The monoisotopic (exact) mass is 491 g/mol. The molecule has 7 nitrogen and oxygen atoms in total. The van der Waals surface area contributed by atoms with Crippen LogP contribution in [-0.2, 0) is 14.3 Å². The average molecular weight is 492 g/mol. The van der Waals surface area contributed by atoms with E-state index in [1.165, 1.54) is 0 Å². The fourth-order valence-electron chi connectivity index (χ4n) is 3.95. The summed E-state index contributed by atoms with van der Waals surface area (Å²) in [5.74, 6) is 0.245. The molecule has 3 amide bonds. The quantitative estimate of drug-likeness (QED) is 0.500. The second kappa shape index (κ2) is 12.5. The minimum atomic E-state index is -0.776. The largest absolute Gasteiger partial charge is 0.444 e. The standard InChI is InChI=1S/C26H41N3O4S/c1-17(2)27-23(30)22(19-11-8-10-18(3)16-19)29(20-12-9-13-20)24(31)21(14-15-34-7)28-25(32)33-26(4,5)6/h8,10-11,16-17,20-22H,9,12-15H2,1-7H3,(H,27,30)(H,28,32). The molecule has 2 atom stereocenters. The molecule has 2 rings (SSSR count). The molecule has 190 valence electrons. The molecular weight excluding hydrogens is 450 g/mol. The van der Waals surface area contributed by atoms with Crippen molar-refractivity contribution < 1.29 is 19.1 Å². The van der Waals surface area contributed by atoms with E-state index in [4.69, 9.17) is 4.74 Å². The van der Waals surface area contributed by atoms with Crippen molar-refractivity contribution in [1.29, 1.82) is 0 Å². The highest BCUT2D eigenvalue weighted by Crippen LogP contribution is 2.34. The third kappa shape index (κ3) is 8.22. The zero-order chi connectivity index (χ0) is 25.5. The average Bonchev–Trinajstić information content (AvgIpc) is 2.67. The lowest BCUT2D eigenvalue weighted by Gasteiger charge is -2.43. The minimum absolute atomic E-state index is 0.0480. The lowest BCUT2D eigenvalue weighted by molar-refractivity contribution is -0.147. The van der Waals surface area contributed by atoms with Crippen LogP contribution >= 0.6 is 11.8 Å². The molecule has 0 bridgehead atoms. The van der Waals surface area contributed by atoms with Gasteiger partial charge >= 0.3 is 6.09 Å². The maximum atomic E-state index is 14.0. The van der Waals surface area contributed by atoms with Gasteiger partial charge in [-0.1, -0.05) is 29.8 Å². The van der Waals surface area contributed by atoms with Gasteiger partial charge in [0, 0.05) is 12.1 Å². The van der Waals surface area contributed by atoms with E-state index in [1.807, 2.05) is 51.3 Å². The Bertz CT molecular complexity index is 849. The number of nitrogens with zero attached hydrogens (tertiary/aromatic N) is 1. The lowest BCUT2D eigenvalue weighted by atomic mass is 9.87. The number of aryl methyl sites for hydroxylation is 1. The summed E-state index contributed by atoms with van der Waals surface area (Å²) >= 11 is 1.61. The summed E-state index contributed by atoms with van der Waals surface area (Å²) in [6.07, 6.45) is 4.48. The van der Waals surface area contributed by atoms with E-state index >= 15 is 0 Å². The summed E-state index contributed by atoms with van der Waals surface area (Å²) < 4.78 is 5.43. The summed E-state index contributed by atoms with van der Waals surface area (Å²) in [4.78, 5) is 41.8. The number of ether oxygens (including phenoxy) is 1. The highest BCUT2D eigenvalue weighted by Gasteiger charge is 2.42. The van der Waals surface area contributed by atoms with Crippen molar-refractivity contribution in [2.75, 3.05) is 12.0 Å². The Labute approximate surface area is 208 Å². The number of benzene rings is 1. The molecule has 1 saturated carbocycles. The van der Waals surface area contributed by atoms with E-state index in [1.54, 1.807) is 37.4 Å². The minimum Gasteiger partial charge on any atom is -0.444 e. The number of alkyl carbamates (subject to hydrolysis) is 1. The first-order valence-corrected chi connectivity index (χ1v) is 13.5. The molecule has 0 radical (unpaired) electrons. The van der Waals surface area contributed by atoms with Crippen molar-refractivity contribution in [3.05, 3.63) is 35.4 Å². The van der Waals surface area contributed by atoms with Gasteiger partial charge in [0.05, 0.1) is 0 Å². The Balaban J connectivity index is 2.45. The molecule has 34 heavy (non-hydrogen) atoms. The molecule has 2 N–H and O–H groups in total. The first-order chi connectivity index (χ1) is 15.9. The number of carbonyl (C=O) groups is 3. The Morgan fingerprint density at radius 3 is 2.35 bits per heavy atom. The molecule has 1 fully saturated rings. The maximum absolute atomic E-state index is 14.0. The topological polar surface area (TPSA) is 87.7 Å². The fraction of sp³-hybridized carbons (Fsp3) is 0.654. The second-order valence-corrected chi connectivity index (χ2v) is 11.3. The summed E-state index contributed by atoms with van der Waals surface area (Å²) in [6.45, 7) is 11.2. The molecule has 1 aliphatic carbocycles. The summed E-state index contributed by atoms with van der Waals surface area (Å²) in [6, 6.07) is 6.09. The number of hydrogen-bond acceptors (Lipinski definition) is 5. The van der Waals surface area contributed by atoms with Crippen molar-refractivity contribution in [3.8, 4) is 0 Å². The molecule has 1 aliphatic rings. The number of carbonyl (C=O) groups excluding carboxylic acids is 3. The molecule has 8 heteroatoms. The van der Waals surface area contributed by atoms with E-state index < -0.39 is 23.8 Å². The van der Waals surface area contributed by atoms with Crippen LogP contribution in [0.25, 0.3) is 0 Å². The van der Waals surface area contributed by atoms with E-state index in [-0.39, 0.29) is 23.9 Å². The molecule has 1 aromatic carbocycles. The van der Waals surface area contributed by atoms with Crippen LogP contribution in [-0.4, -0.2) is 58.5 Å². The van der Waals surface area contributed by atoms with Crippen LogP contribution in [0.15, 0.2) is 24.3 Å². The van der Waals surface area contributed by atoms with Crippen molar-refractivity contribution in [2.24, 2.45) is 0 Å². The molecule has 0 aliphatic heterocycles. The molecule has 2 unspecified atom stereocenters. The van der Waals surface area contributed by atoms with Gasteiger partial charge in [0.1, 0.15) is 17.7 Å². The number of amides is 3. The van der Waals surface area contributed by atoms with Gasteiger partial charge in [-0.25, -0.2) is 4.79 Å². The smallest absolute Gasteiger partial charge is 0.408 e. The third-order valence-corrected chi connectivity index (χ3v) is 6.28. The predicted octanol–water partition coefficient (Wildman–Crippen LogP) is 4.59. The van der Waals surface area contributed by atoms with Crippen molar-refractivity contribution in [3.63, 3.8) is 0 Å². The van der Waals surface area contributed by atoms with Gasteiger partial charge in [-0.15, -0.1) is 0 Å². The predicted molar refractivity (Wildman–Crippen MR) is 138 cm³/mol. The van der Waals surface area contributed by atoms with Crippen LogP contribution < -0.4 is 10.6 Å². The second-order valence-electron chi connectivity index (χ2n) is 10.3. The molecule has 0 heterocycles. The Hall–Kier alpha value is -2.22. The zero-order valence-corrected chi connectivity index (χ0v) is 22.5. The molecular formula is C26H41N3O4S. The Morgan fingerprint density at radius 2 is 1.85 bits per heavy atom. The van der Waals surface area contributed by atoms with E-state index in [9.17, 15) is 14.4 Å². The SMILES string of the molecule is CSCCC(NC(=O)OC(C)(C)C)C(=O)N(C1CCC1)C(C(=O)NC(C)C)c1cccc(C)c1. The normalized spacial score (nSPS) is 15.8. The van der Waals surface area contributed by atoms with Gasteiger partial charge in [0.15, 0.2) is 0 Å². The summed E-state index contributed by atoms with van der Waals surface area (Å²) in [5.41, 5.74) is 1.12. The highest BCUT2D eigenvalue weighted by molar-refractivity contribution is 7.98. The van der Waals surface area contributed by atoms with Crippen LogP contribution in [0.1, 0.15) is 77.5 Å². The highest BCUT2D eigenvalue weighted by atomic mass is 32.2. The number of nitrogens with one attached hydrogen (secondary N) is 2. The third-order valence-electron chi connectivity index (χ3n) is 5.64. The van der Waals surface area contributed by atoms with E-state index in [0.29, 0.717) is 12.2 Å². The van der Waals surface area contributed by atoms with Crippen LogP contribution in [0, 0.1) is 6.92 Å². The molecule has 0 saturated heterocycles.